The Hall–Kier alpha value is -3.41. The molecule has 0 radical (unpaired) electrons. The number of rotatable bonds is 9. The van der Waals surface area contributed by atoms with Crippen molar-refractivity contribution in [3.05, 3.63) is 66.0 Å². The Morgan fingerprint density at radius 3 is 2.39 bits per heavy atom. The number of carbonyl (C=O) groups excluding carboxylic acids is 1. The minimum absolute atomic E-state index is 0.0988. The molecule has 1 aliphatic rings. The van der Waals surface area contributed by atoms with Crippen molar-refractivity contribution in [2.75, 3.05) is 19.0 Å². The van der Waals surface area contributed by atoms with Gasteiger partial charge in [-0.05, 0) is 61.2 Å². The van der Waals surface area contributed by atoms with Gasteiger partial charge in [0, 0.05) is 5.56 Å². The smallest absolute Gasteiger partial charge is 0.229 e. The number of hydrogen-bond acceptors (Lipinski definition) is 5. The van der Waals surface area contributed by atoms with Crippen molar-refractivity contribution in [1.82, 2.24) is 9.97 Å². The quantitative estimate of drug-likeness (QED) is 0.473. The molecule has 1 heterocycles. The lowest BCUT2D eigenvalue weighted by atomic mass is 10.0. The summed E-state index contributed by atoms with van der Waals surface area (Å²) in [6.07, 6.45) is 7.76. The Kier molecular flexibility index (Phi) is 7.55. The number of aromatic nitrogens is 2. The summed E-state index contributed by atoms with van der Waals surface area (Å²) in [5.41, 5.74) is 3.56. The van der Waals surface area contributed by atoms with Crippen molar-refractivity contribution in [2.24, 2.45) is 5.92 Å². The highest BCUT2D eigenvalue weighted by Gasteiger charge is 2.20. The molecule has 0 unspecified atom stereocenters. The maximum absolute atomic E-state index is 12.8. The van der Waals surface area contributed by atoms with E-state index in [9.17, 15) is 4.79 Å². The van der Waals surface area contributed by atoms with Crippen LogP contribution in [0, 0.1) is 5.92 Å². The molecule has 2 aromatic carbocycles. The fourth-order valence-electron chi connectivity index (χ4n) is 4.29. The number of carbonyl (C=O) groups is 1. The van der Waals surface area contributed by atoms with Gasteiger partial charge in [0.1, 0.15) is 11.5 Å². The number of methoxy groups -OCH3 is 1. The maximum Gasteiger partial charge on any atom is 0.229 e. The van der Waals surface area contributed by atoms with Crippen molar-refractivity contribution < 1.29 is 14.3 Å². The Morgan fingerprint density at radius 1 is 1.03 bits per heavy atom. The molecule has 4 rings (SSSR count). The average Bonchev–Trinajstić information content (AvgIpc) is 3.35. The van der Waals surface area contributed by atoms with Crippen LogP contribution in [0.4, 0.5) is 5.82 Å². The second kappa shape index (κ2) is 10.9. The lowest BCUT2D eigenvalue weighted by Gasteiger charge is -2.15. The van der Waals surface area contributed by atoms with Gasteiger partial charge < -0.3 is 14.8 Å². The number of ether oxygens (including phenoxy) is 2. The topological polar surface area (TPSA) is 73.3 Å². The molecule has 3 aromatic rings. The molecule has 1 aromatic heterocycles. The van der Waals surface area contributed by atoms with Crippen LogP contribution in [-0.4, -0.2) is 29.6 Å². The van der Waals surface area contributed by atoms with Crippen molar-refractivity contribution in [1.29, 1.82) is 0 Å². The first-order valence-corrected chi connectivity index (χ1v) is 11.7. The molecular weight excluding hydrogens is 414 g/mol. The van der Waals surface area contributed by atoms with Gasteiger partial charge in [-0.1, -0.05) is 37.8 Å². The molecule has 6 heteroatoms. The highest BCUT2D eigenvalue weighted by Crippen LogP contribution is 2.30. The van der Waals surface area contributed by atoms with Crippen molar-refractivity contribution >= 4 is 11.7 Å². The van der Waals surface area contributed by atoms with Crippen molar-refractivity contribution in [3.8, 4) is 22.8 Å². The molecule has 0 aliphatic heterocycles. The summed E-state index contributed by atoms with van der Waals surface area (Å²) in [5.74, 6) is 2.66. The van der Waals surface area contributed by atoms with Crippen LogP contribution in [0.25, 0.3) is 11.3 Å². The third kappa shape index (κ3) is 6.09. The molecule has 172 valence electrons. The van der Waals surface area contributed by atoms with E-state index in [1.807, 2.05) is 55.5 Å². The molecule has 33 heavy (non-hydrogen) atoms. The molecule has 0 saturated heterocycles. The third-order valence-corrected chi connectivity index (χ3v) is 6.04. The van der Waals surface area contributed by atoms with E-state index in [4.69, 9.17) is 14.5 Å². The first-order valence-electron chi connectivity index (χ1n) is 11.7. The van der Waals surface area contributed by atoms with Crippen LogP contribution in [0.5, 0.6) is 11.5 Å². The van der Waals surface area contributed by atoms with Gasteiger partial charge in [-0.15, -0.1) is 0 Å². The zero-order valence-electron chi connectivity index (χ0n) is 19.3. The van der Waals surface area contributed by atoms with Gasteiger partial charge in [0.15, 0.2) is 5.82 Å². The molecule has 1 amide bonds. The fraction of sp³-hybridized carbons (Fsp3) is 0.370. The van der Waals surface area contributed by atoms with E-state index in [2.05, 4.69) is 10.3 Å². The van der Waals surface area contributed by atoms with E-state index in [1.54, 1.807) is 13.3 Å². The SMILES string of the molecule is CCOc1ccc(CC(=O)Nc2ncc(-c3ccc(OC)cc3)nc2CC2CCCC2)cc1. The zero-order chi connectivity index (χ0) is 23.0. The van der Waals surface area contributed by atoms with E-state index in [-0.39, 0.29) is 12.3 Å². The number of hydrogen-bond donors (Lipinski definition) is 1. The number of nitrogens with zero attached hydrogens (tertiary/aromatic N) is 2. The zero-order valence-corrected chi connectivity index (χ0v) is 19.3. The van der Waals surface area contributed by atoms with Gasteiger partial charge in [0.25, 0.3) is 0 Å². The number of nitrogens with one attached hydrogen (secondary N) is 1. The predicted octanol–water partition coefficient (Wildman–Crippen LogP) is 5.46. The lowest BCUT2D eigenvalue weighted by Crippen LogP contribution is -2.18. The minimum atomic E-state index is -0.0988. The van der Waals surface area contributed by atoms with Gasteiger partial charge >= 0.3 is 0 Å². The normalized spacial score (nSPS) is 13.6. The summed E-state index contributed by atoms with van der Waals surface area (Å²) in [6, 6.07) is 15.4. The Labute approximate surface area is 195 Å². The molecule has 1 saturated carbocycles. The molecule has 6 nitrogen and oxygen atoms in total. The summed E-state index contributed by atoms with van der Waals surface area (Å²) in [7, 11) is 1.65. The summed E-state index contributed by atoms with van der Waals surface area (Å²) >= 11 is 0. The van der Waals surface area contributed by atoms with E-state index < -0.39 is 0 Å². The molecule has 0 spiro atoms. The second-order valence-corrected chi connectivity index (χ2v) is 8.44. The third-order valence-electron chi connectivity index (χ3n) is 6.04. The summed E-state index contributed by atoms with van der Waals surface area (Å²) in [4.78, 5) is 22.3. The fourth-order valence-corrected chi connectivity index (χ4v) is 4.29. The number of benzene rings is 2. The van der Waals surface area contributed by atoms with Crippen LogP contribution >= 0.6 is 0 Å². The molecule has 1 fully saturated rings. The molecule has 0 bridgehead atoms. The van der Waals surface area contributed by atoms with Crippen LogP contribution in [0.2, 0.25) is 0 Å². The van der Waals surface area contributed by atoms with Crippen LogP contribution in [0.15, 0.2) is 54.7 Å². The summed E-state index contributed by atoms with van der Waals surface area (Å²) < 4.78 is 10.7. The van der Waals surface area contributed by atoms with Gasteiger partial charge in [0.2, 0.25) is 5.91 Å². The van der Waals surface area contributed by atoms with Gasteiger partial charge in [-0.2, -0.15) is 0 Å². The predicted molar refractivity (Wildman–Crippen MR) is 130 cm³/mol. The number of amides is 1. The monoisotopic (exact) mass is 445 g/mol. The lowest BCUT2D eigenvalue weighted by molar-refractivity contribution is -0.115. The standard InChI is InChI=1S/C27H31N3O3/c1-3-33-23-12-8-20(9-13-23)17-26(31)30-27-24(16-19-6-4-5-7-19)29-25(18-28-27)21-10-14-22(32-2)15-11-21/h8-15,18-19H,3-7,16-17H2,1-2H3,(H,28,30,31). The number of anilines is 1. The summed E-state index contributed by atoms with van der Waals surface area (Å²) in [5, 5.41) is 3.01. The van der Waals surface area contributed by atoms with Crippen LogP contribution in [0.1, 0.15) is 43.9 Å². The maximum atomic E-state index is 12.8. The molecule has 0 atom stereocenters. The Morgan fingerprint density at radius 2 is 1.73 bits per heavy atom. The van der Waals surface area contributed by atoms with Gasteiger partial charge in [-0.25, -0.2) is 9.97 Å². The van der Waals surface area contributed by atoms with E-state index in [0.29, 0.717) is 18.3 Å². The highest BCUT2D eigenvalue weighted by atomic mass is 16.5. The second-order valence-electron chi connectivity index (χ2n) is 8.44. The molecule has 1 aliphatic carbocycles. The molecule has 1 N–H and O–H groups in total. The Balaban J connectivity index is 1.51. The summed E-state index contributed by atoms with van der Waals surface area (Å²) in [6.45, 7) is 2.57. The first-order chi connectivity index (χ1) is 16.1. The van der Waals surface area contributed by atoms with Crippen molar-refractivity contribution in [3.63, 3.8) is 0 Å². The van der Waals surface area contributed by atoms with E-state index in [1.165, 1.54) is 25.7 Å². The minimum Gasteiger partial charge on any atom is -0.497 e. The van der Waals surface area contributed by atoms with Crippen LogP contribution < -0.4 is 14.8 Å². The average molecular weight is 446 g/mol. The van der Waals surface area contributed by atoms with Crippen molar-refractivity contribution in [2.45, 2.75) is 45.4 Å². The first kappa shape index (κ1) is 22.8. The van der Waals surface area contributed by atoms with E-state index >= 15 is 0 Å². The van der Waals surface area contributed by atoms with Gasteiger partial charge in [0.05, 0.1) is 37.7 Å². The van der Waals surface area contributed by atoms with Crippen LogP contribution in [-0.2, 0) is 17.6 Å². The van der Waals surface area contributed by atoms with E-state index in [0.717, 1.165) is 40.4 Å². The highest BCUT2D eigenvalue weighted by molar-refractivity contribution is 5.92. The Bertz CT molecular complexity index is 1060. The largest absolute Gasteiger partial charge is 0.497 e. The van der Waals surface area contributed by atoms with Crippen LogP contribution in [0.3, 0.4) is 0 Å². The molecular formula is C27H31N3O3. The van der Waals surface area contributed by atoms with Gasteiger partial charge in [-0.3, -0.25) is 4.79 Å².